The number of hydrogen-bond donors (Lipinski definition) is 1. The highest BCUT2D eigenvalue weighted by molar-refractivity contribution is 5.82. The Morgan fingerprint density at radius 2 is 2.11 bits per heavy atom. The van der Waals surface area contributed by atoms with E-state index in [9.17, 15) is 9.59 Å². The Bertz CT molecular complexity index is 1030. The first kappa shape index (κ1) is 17.7. The summed E-state index contributed by atoms with van der Waals surface area (Å²) in [4.78, 5) is 25.4. The van der Waals surface area contributed by atoms with E-state index in [4.69, 9.17) is 4.74 Å². The summed E-state index contributed by atoms with van der Waals surface area (Å²) in [7, 11) is 0. The average Bonchev–Trinajstić information content (AvgIpc) is 3.34. The normalized spacial score (nSPS) is 17.0. The Balaban J connectivity index is 1.70. The molecule has 8 heteroatoms. The van der Waals surface area contributed by atoms with Gasteiger partial charge >= 0.3 is 0 Å². The van der Waals surface area contributed by atoms with Crippen molar-refractivity contribution in [2.75, 3.05) is 13.2 Å². The van der Waals surface area contributed by atoms with Crippen LogP contribution in [0.15, 0.2) is 29.1 Å². The predicted molar refractivity (Wildman–Crippen MR) is 101 cm³/mol. The van der Waals surface area contributed by atoms with Gasteiger partial charge in [-0.1, -0.05) is 19.1 Å². The van der Waals surface area contributed by atoms with Crippen molar-refractivity contribution in [3.8, 4) is 0 Å². The number of rotatable bonds is 6. The van der Waals surface area contributed by atoms with E-state index in [1.54, 1.807) is 0 Å². The Morgan fingerprint density at radius 3 is 2.85 bits per heavy atom. The van der Waals surface area contributed by atoms with Gasteiger partial charge in [-0.05, 0) is 31.4 Å². The summed E-state index contributed by atoms with van der Waals surface area (Å²) in [5.74, 6) is 0.547. The zero-order valence-electron chi connectivity index (χ0n) is 15.4. The maximum atomic E-state index is 13.0. The van der Waals surface area contributed by atoms with Crippen LogP contribution >= 0.6 is 0 Å². The molecule has 8 nitrogen and oxygen atoms in total. The number of nitrogens with zero attached hydrogens (tertiary/aromatic N) is 4. The summed E-state index contributed by atoms with van der Waals surface area (Å²) in [6, 6.07) is 7.53. The molecule has 142 valence electrons. The van der Waals surface area contributed by atoms with Crippen molar-refractivity contribution in [2.24, 2.45) is 0 Å². The molecule has 27 heavy (non-hydrogen) atoms. The second kappa shape index (κ2) is 7.48. The lowest BCUT2D eigenvalue weighted by Gasteiger charge is -2.14. The SMILES string of the molecule is CCCc1nnc2c(=O)n(CC(=O)NC[C@H]3CCCO3)c3ccccc3n12. The molecule has 0 spiro atoms. The largest absolute Gasteiger partial charge is 0.376 e. The molecule has 3 aromatic rings. The summed E-state index contributed by atoms with van der Waals surface area (Å²) in [5, 5.41) is 11.2. The van der Waals surface area contributed by atoms with Crippen molar-refractivity contribution in [3.05, 3.63) is 40.4 Å². The van der Waals surface area contributed by atoms with E-state index in [0.29, 0.717) is 12.1 Å². The van der Waals surface area contributed by atoms with Crippen molar-refractivity contribution in [2.45, 2.75) is 45.3 Å². The van der Waals surface area contributed by atoms with Gasteiger partial charge in [0.1, 0.15) is 12.4 Å². The van der Waals surface area contributed by atoms with Gasteiger partial charge in [-0.2, -0.15) is 0 Å². The van der Waals surface area contributed by atoms with Crippen molar-refractivity contribution < 1.29 is 9.53 Å². The van der Waals surface area contributed by atoms with Gasteiger partial charge in [0.25, 0.3) is 5.56 Å². The van der Waals surface area contributed by atoms with E-state index in [2.05, 4.69) is 22.4 Å². The van der Waals surface area contributed by atoms with Crippen LogP contribution in [0.25, 0.3) is 16.7 Å². The van der Waals surface area contributed by atoms with Crippen LogP contribution < -0.4 is 10.9 Å². The number of aryl methyl sites for hydroxylation is 1. The third-order valence-electron chi connectivity index (χ3n) is 4.91. The van der Waals surface area contributed by atoms with Crippen LogP contribution in [0.3, 0.4) is 0 Å². The highest BCUT2D eigenvalue weighted by Gasteiger charge is 2.19. The summed E-state index contributed by atoms with van der Waals surface area (Å²) in [6.45, 7) is 3.22. The van der Waals surface area contributed by atoms with E-state index < -0.39 is 0 Å². The van der Waals surface area contributed by atoms with Crippen LogP contribution in [0.5, 0.6) is 0 Å². The van der Waals surface area contributed by atoms with Crippen molar-refractivity contribution >= 4 is 22.6 Å². The fourth-order valence-electron chi connectivity index (χ4n) is 3.59. The van der Waals surface area contributed by atoms with E-state index in [1.807, 2.05) is 28.7 Å². The number of amides is 1. The van der Waals surface area contributed by atoms with Gasteiger partial charge in [0, 0.05) is 19.6 Å². The molecule has 1 aromatic carbocycles. The molecule has 1 N–H and O–H groups in total. The molecular formula is C19H23N5O3. The topological polar surface area (TPSA) is 90.5 Å². The Morgan fingerprint density at radius 1 is 1.30 bits per heavy atom. The van der Waals surface area contributed by atoms with E-state index in [0.717, 1.165) is 43.6 Å². The van der Waals surface area contributed by atoms with Gasteiger partial charge in [0.15, 0.2) is 0 Å². The van der Waals surface area contributed by atoms with Gasteiger partial charge in [-0.25, -0.2) is 0 Å². The fourth-order valence-corrected chi connectivity index (χ4v) is 3.59. The van der Waals surface area contributed by atoms with Crippen molar-refractivity contribution in [3.63, 3.8) is 0 Å². The summed E-state index contributed by atoms with van der Waals surface area (Å²) in [6.07, 6.45) is 3.68. The molecule has 1 saturated heterocycles. The molecule has 4 rings (SSSR count). The molecular weight excluding hydrogens is 346 g/mol. The molecule has 1 aliphatic rings. The first-order valence-corrected chi connectivity index (χ1v) is 9.43. The first-order valence-electron chi connectivity index (χ1n) is 9.43. The molecule has 1 fully saturated rings. The zero-order valence-corrected chi connectivity index (χ0v) is 15.4. The first-order chi connectivity index (χ1) is 13.2. The third-order valence-corrected chi connectivity index (χ3v) is 4.91. The molecule has 0 radical (unpaired) electrons. The highest BCUT2D eigenvalue weighted by Crippen LogP contribution is 2.16. The molecule has 2 aromatic heterocycles. The number of nitrogens with one attached hydrogen (secondary N) is 1. The van der Waals surface area contributed by atoms with Crippen molar-refractivity contribution in [1.29, 1.82) is 0 Å². The fraction of sp³-hybridized carbons (Fsp3) is 0.474. The second-order valence-electron chi connectivity index (χ2n) is 6.84. The molecule has 1 aliphatic heterocycles. The van der Waals surface area contributed by atoms with E-state index in [-0.39, 0.29) is 29.8 Å². The zero-order chi connectivity index (χ0) is 18.8. The molecule has 0 saturated carbocycles. The lowest BCUT2D eigenvalue weighted by molar-refractivity contribution is -0.122. The van der Waals surface area contributed by atoms with E-state index in [1.165, 1.54) is 4.57 Å². The lowest BCUT2D eigenvalue weighted by atomic mass is 10.2. The molecule has 3 heterocycles. The highest BCUT2D eigenvalue weighted by atomic mass is 16.5. The van der Waals surface area contributed by atoms with Gasteiger partial charge in [0.05, 0.1) is 17.1 Å². The Labute approximate surface area is 156 Å². The van der Waals surface area contributed by atoms with Crippen LogP contribution in [0.2, 0.25) is 0 Å². The minimum atomic E-state index is -0.309. The van der Waals surface area contributed by atoms with Gasteiger partial charge in [-0.15, -0.1) is 10.2 Å². The summed E-state index contributed by atoms with van der Waals surface area (Å²) >= 11 is 0. The molecule has 0 aliphatic carbocycles. The number of carbonyl (C=O) groups is 1. The minimum absolute atomic E-state index is 0.0570. The lowest BCUT2D eigenvalue weighted by Crippen LogP contribution is -2.37. The number of para-hydroxylation sites is 2. The number of ether oxygens (including phenoxy) is 1. The Hall–Kier alpha value is -2.74. The number of carbonyl (C=O) groups excluding carboxylic acids is 1. The number of fused-ring (bicyclic) bond motifs is 3. The quantitative estimate of drug-likeness (QED) is 0.707. The monoisotopic (exact) mass is 369 g/mol. The summed E-state index contributed by atoms with van der Waals surface area (Å²) < 4.78 is 8.81. The van der Waals surface area contributed by atoms with Gasteiger partial charge in [0.2, 0.25) is 11.6 Å². The van der Waals surface area contributed by atoms with Gasteiger partial charge < -0.3 is 10.1 Å². The standard InChI is InChI=1S/C19H23N5O3/c1-2-6-16-21-22-18-19(26)23(14-8-3-4-9-15(14)24(16)18)12-17(25)20-11-13-7-5-10-27-13/h3-4,8-9,13H,2,5-7,10-12H2,1H3,(H,20,25)/t13-/m1/s1. The second-order valence-corrected chi connectivity index (χ2v) is 6.84. The average molecular weight is 369 g/mol. The summed E-state index contributed by atoms with van der Waals surface area (Å²) in [5.41, 5.74) is 1.46. The van der Waals surface area contributed by atoms with Crippen LogP contribution in [0.1, 0.15) is 32.0 Å². The number of aromatic nitrogens is 4. The molecule has 0 bridgehead atoms. The van der Waals surface area contributed by atoms with Crippen molar-refractivity contribution in [1.82, 2.24) is 24.5 Å². The number of benzene rings is 1. The molecule has 1 amide bonds. The van der Waals surface area contributed by atoms with E-state index >= 15 is 0 Å². The maximum absolute atomic E-state index is 13.0. The van der Waals surface area contributed by atoms with Crippen LogP contribution in [-0.2, 0) is 22.5 Å². The smallest absolute Gasteiger partial charge is 0.297 e. The Kier molecular flexibility index (Phi) is 4.89. The molecule has 1 atom stereocenters. The maximum Gasteiger partial charge on any atom is 0.297 e. The predicted octanol–water partition coefficient (Wildman–Crippen LogP) is 1.29. The third kappa shape index (κ3) is 3.32. The number of hydrogen-bond acceptors (Lipinski definition) is 5. The van der Waals surface area contributed by atoms with Crippen LogP contribution in [0.4, 0.5) is 0 Å². The minimum Gasteiger partial charge on any atom is -0.376 e. The van der Waals surface area contributed by atoms with Gasteiger partial charge in [-0.3, -0.25) is 18.6 Å². The molecule has 0 unspecified atom stereocenters. The van der Waals surface area contributed by atoms with Crippen LogP contribution in [0, 0.1) is 0 Å². The van der Waals surface area contributed by atoms with Crippen LogP contribution in [-0.4, -0.2) is 44.3 Å².